The Balaban J connectivity index is 2.39. The minimum atomic E-state index is -0.261. The fourth-order valence-electron chi connectivity index (χ4n) is 2.03. The van der Waals surface area contributed by atoms with Gasteiger partial charge < -0.3 is 10.3 Å². The topological polar surface area (TPSA) is 56.7 Å². The van der Waals surface area contributed by atoms with Gasteiger partial charge in [-0.25, -0.2) is 4.98 Å². The van der Waals surface area contributed by atoms with Gasteiger partial charge in [-0.1, -0.05) is 0 Å². The second kappa shape index (κ2) is 4.67. The van der Waals surface area contributed by atoms with Crippen LogP contribution < -0.4 is 5.73 Å². The van der Waals surface area contributed by atoms with Gasteiger partial charge in [0.25, 0.3) is 0 Å². The van der Waals surface area contributed by atoms with Crippen molar-refractivity contribution in [2.24, 2.45) is 5.73 Å². The summed E-state index contributed by atoms with van der Waals surface area (Å²) in [5.41, 5.74) is 9.28. The fourth-order valence-corrected chi connectivity index (χ4v) is 2.03. The maximum absolute atomic E-state index is 6.23. The average Bonchev–Trinajstić information content (AvgIpc) is 2.74. The third-order valence-corrected chi connectivity index (χ3v) is 2.80. The van der Waals surface area contributed by atoms with Crippen LogP contribution in [0.1, 0.15) is 35.7 Å². The summed E-state index contributed by atoms with van der Waals surface area (Å²) in [6.07, 6.45) is 3.72. The average molecular weight is 230 g/mol. The van der Waals surface area contributed by atoms with Crippen LogP contribution in [0.2, 0.25) is 0 Å². The molecule has 0 aliphatic carbocycles. The molecule has 2 aromatic heterocycles. The van der Waals surface area contributed by atoms with Crippen molar-refractivity contribution in [3.63, 3.8) is 0 Å². The Morgan fingerprint density at radius 1 is 1.35 bits per heavy atom. The molecule has 2 heterocycles. The number of hydrogen-bond donors (Lipinski definition) is 1. The van der Waals surface area contributed by atoms with Crippen molar-refractivity contribution in [2.45, 2.75) is 33.4 Å². The first-order valence-corrected chi connectivity index (χ1v) is 5.83. The van der Waals surface area contributed by atoms with Crippen LogP contribution in [0.4, 0.5) is 0 Å². The molecule has 1 unspecified atom stereocenters. The lowest BCUT2D eigenvalue weighted by atomic mass is 10.1. The highest BCUT2D eigenvalue weighted by Gasteiger charge is 2.15. The van der Waals surface area contributed by atoms with Crippen molar-refractivity contribution in [1.29, 1.82) is 0 Å². The highest BCUT2D eigenvalue weighted by Crippen LogP contribution is 2.18. The van der Waals surface area contributed by atoms with Gasteiger partial charge in [-0.3, -0.25) is 4.98 Å². The summed E-state index contributed by atoms with van der Waals surface area (Å²) in [5, 5.41) is 0. The van der Waals surface area contributed by atoms with Crippen molar-refractivity contribution in [3.05, 3.63) is 47.3 Å². The van der Waals surface area contributed by atoms with Crippen LogP contribution in [0.15, 0.2) is 24.5 Å². The molecule has 2 rings (SSSR count). The first-order valence-electron chi connectivity index (χ1n) is 5.83. The molecule has 0 saturated carbocycles. The number of nitrogens with two attached hydrogens (primary N) is 1. The van der Waals surface area contributed by atoms with E-state index in [9.17, 15) is 0 Å². The van der Waals surface area contributed by atoms with E-state index in [1.165, 1.54) is 5.56 Å². The van der Waals surface area contributed by atoms with Crippen molar-refractivity contribution >= 4 is 0 Å². The molecule has 0 amide bonds. The Labute approximate surface area is 102 Å². The molecule has 0 saturated heterocycles. The van der Waals surface area contributed by atoms with E-state index in [0.29, 0.717) is 0 Å². The van der Waals surface area contributed by atoms with Crippen molar-refractivity contribution in [2.75, 3.05) is 0 Å². The molecule has 0 bridgehead atoms. The lowest BCUT2D eigenvalue weighted by Crippen LogP contribution is -2.19. The third-order valence-electron chi connectivity index (χ3n) is 2.80. The molecule has 0 fully saturated rings. The lowest BCUT2D eigenvalue weighted by Gasteiger charge is -2.13. The standard InChI is InChI=1S/C13H18N4/c1-4-17-6-5-15-13(17)12(14)11-8-9(2)7-10(3)16-11/h5-8,12H,4,14H2,1-3H3. The first kappa shape index (κ1) is 11.8. The smallest absolute Gasteiger partial charge is 0.131 e. The van der Waals surface area contributed by atoms with Gasteiger partial charge >= 0.3 is 0 Å². The molecule has 0 radical (unpaired) electrons. The monoisotopic (exact) mass is 230 g/mol. The first-order chi connectivity index (χ1) is 8.11. The zero-order chi connectivity index (χ0) is 12.4. The van der Waals surface area contributed by atoms with Gasteiger partial charge in [0.15, 0.2) is 0 Å². The Morgan fingerprint density at radius 3 is 2.76 bits per heavy atom. The Hall–Kier alpha value is -1.68. The van der Waals surface area contributed by atoms with Gasteiger partial charge in [0, 0.05) is 24.6 Å². The van der Waals surface area contributed by atoms with Gasteiger partial charge in [0.05, 0.1) is 5.69 Å². The highest BCUT2D eigenvalue weighted by molar-refractivity contribution is 5.25. The maximum atomic E-state index is 6.23. The third kappa shape index (κ3) is 2.36. The highest BCUT2D eigenvalue weighted by atomic mass is 15.1. The molecular formula is C13H18N4. The Morgan fingerprint density at radius 2 is 2.12 bits per heavy atom. The zero-order valence-corrected chi connectivity index (χ0v) is 10.5. The predicted molar refractivity (Wildman–Crippen MR) is 67.6 cm³/mol. The minimum absolute atomic E-state index is 0.261. The molecule has 2 aromatic rings. The quantitative estimate of drug-likeness (QED) is 0.877. The van der Waals surface area contributed by atoms with Gasteiger partial charge in [-0.15, -0.1) is 0 Å². The molecule has 4 heteroatoms. The molecule has 0 aliphatic rings. The molecule has 0 aromatic carbocycles. The van der Waals surface area contributed by atoms with Crippen LogP contribution in [0.3, 0.4) is 0 Å². The number of aryl methyl sites for hydroxylation is 3. The lowest BCUT2D eigenvalue weighted by molar-refractivity contribution is 0.646. The van der Waals surface area contributed by atoms with E-state index < -0.39 is 0 Å². The summed E-state index contributed by atoms with van der Waals surface area (Å²) in [6.45, 7) is 6.98. The summed E-state index contributed by atoms with van der Waals surface area (Å²) < 4.78 is 2.05. The van der Waals surface area contributed by atoms with Crippen molar-refractivity contribution in [3.8, 4) is 0 Å². The zero-order valence-electron chi connectivity index (χ0n) is 10.5. The van der Waals surface area contributed by atoms with Gasteiger partial charge in [-0.2, -0.15) is 0 Å². The number of nitrogens with zero attached hydrogens (tertiary/aromatic N) is 3. The Bertz CT molecular complexity index is 496. The van der Waals surface area contributed by atoms with Crippen molar-refractivity contribution in [1.82, 2.24) is 14.5 Å². The summed E-state index contributed by atoms with van der Waals surface area (Å²) in [6, 6.07) is 3.80. The van der Waals surface area contributed by atoms with Crippen LogP contribution in [0, 0.1) is 13.8 Å². The molecule has 0 spiro atoms. The van der Waals surface area contributed by atoms with E-state index in [-0.39, 0.29) is 6.04 Å². The van der Waals surface area contributed by atoms with E-state index >= 15 is 0 Å². The second-order valence-corrected chi connectivity index (χ2v) is 4.26. The predicted octanol–water partition coefficient (Wildman–Crippen LogP) is 1.96. The van der Waals surface area contributed by atoms with E-state index in [1.807, 2.05) is 29.8 Å². The number of imidazole rings is 1. The number of aromatic nitrogens is 3. The van der Waals surface area contributed by atoms with Gasteiger partial charge in [-0.05, 0) is 38.5 Å². The van der Waals surface area contributed by atoms with E-state index in [4.69, 9.17) is 5.73 Å². The molecule has 2 N–H and O–H groups in total. The summed E-state index contributed by atoms with van der Waals surface area (Å²) in [4.78, 5) is 8.81. The van der Waals surface area contributed by atoms with Crippen LogP contribution >= 0.6 is 0 Å². The molecule has 90 valence electrons. The van der Waals surface area contributed by atoms with E-state index in [2.05, 4.69) is 23.8 Å². The minimum Gasteiger partial charge on any atom is -0.334 e. The fraction of sp³-hybridized carbons (Fsp3) is 0.385. The van der Waals surface area contributed by atoms with E-state index in [1.54, 1.807) is 6.20 Å². The van der Waals surface area contributed by atoms with Crippen LogP contribution in [0.5, 0.6) is 0 Å². The summed E-state index contributed by atoms with van der Waals surface area (Å²) >= 11 is 0. The van der Waals surface area contributed by atoms with Crippen LogP contribution in [-0.4, -0.2) is 14.5 Å². The normalized spacial score (nSPS) is 12.7. The number of pyridine rings is 1. The molecule has 4 nitrogen and oxygen atoms in total. The molecular weight excluding hydrogens is 212 g/mol. The SMILES string of the molecule is CCn1ccnc1C(N)c1cc(C)cc(C)n1. The summed E-state index contributed by atoms with van der Waals surface area (Å²) in [7, 11) is 0. The Kier molecular flexibility index (Phi) is 3.24. The van der Waals surface area contributed by atoms with Gasteiger partial charge in [0.2, 0.25) is 0 Å². The molecule has 0 aliphatic heterocycles. The second-order valence-electron chi connectivity index (χ2n) is 4.26. The maximum Gasteiger partial charge on any atom is 0.131 e. The van der Waals surface area contributed by atoms with Gasteiger partial charge in [0.1, 0.15) is 11.9 Å². The van der Waals surface area contributed by atoms with Crippen LogP contribution in [-0.2, 0) is 6.54 Å². The largest absolute Gasteiger partial charge is 0.334 e. The molecule has 17 heavy (non-hydrogen) atoms. The number of rotatable bonds is 3. The number of hydrogen-bond acceptors (Lipinski definition) is 3. The summed E-state index contributed by atoms with van der Waals surface area (Å²) in [5.74, 6) is 0.866. The van der Waals surface area contributed by atoms with Crippen molar-refractivity contribution < 1.29 is 0 Å². The van der Waals surface area contributed by atoms with Crippen LogP contribution in [0.25, 0.3) is 0 Å². The molecule has 1 atom stereocenters. The van der Waals surface area contributed by atoms with E-state index in [0.717, 1.165) is 23.8 Å².